The van der Waals surface area contributed by atoms with E-state index in [1.54, 1.807) is 0 Å². The highest BCUT2D eigenvalue weighted by Gasteiger charge is 2.43. The monoisotopic (exact) mass is 580 g/mol. The third-order valence-electron chi connectivity index (χ3n) is 9.21. The Morgan fingerprint density at radius 2 is 1.51 bits per heavy atom. The molecule has 0 radical (unpaired) electrons. The van der Waals surface area contributed by atoms with E-state index in [9.17, 15) is 35.9 Å². The number of likely N-dealkylation sites (tertiary alicyclic amines) is 2. The summed E-state index contributed by atoms with van der Waals surface area (Å²) in [5.74, 6) is -0.484. The lowest BCUT2D eigenvalue weighted by molar-refractivity contribution is -0.143. The van der Waals surface area contributed by atoms with Crippen LogP contribution in [0, 0.1) is 5.41 Å². The fourth-order valence-corrected chi connectivity index (χ4v) is 7.00. The zero-order chi connectivity index (χ0) is 29.4. The second-order valence-electron chi connectivity index (χ2n) is 11.9. The maximum Gasteiger partial charge on any atom is 0.416 e. The van der Waals surface area contributed by atoms with Gasteiger partial charge in [0.2, 0.25) is 0 Å². The molecule has 2 aromatic carbocycles. The fraction of sp³-hybridized carbons (Fsp3) is 0.548. The van der Waals surface area contributed by atoms with Gasteiger partial charge in [0.25, 0.3) is 5.91 Å². The Morgan fingerprint density at radius 1 is 0.878 bits per heavy atom. The first kappa shape index (κ1) is 29.6. The van der Waals surface area contributed by atoms with Gasteiger partial charge in [-0.2, -0.15) is 26.3 Å². The van der Waals surface area contributed by atoms with Crippen LogP contribution in [0.25, 0.3) is 0 Å². The normalized spacial score (nSPS) is 24.0. The van der Waals surface area contributed by atoms with Gasteiger partial charge in [-0.1, -0.05) is 30.3 Å². The molecule has 41 heavy (non-hydrogen) atoms. The smallest absolute Gasteiger partial charge is 0.335 e. The molecule has 3 fully saturated rings. The molecule has 1 saturated carbocycles. The molecule has 1 amide bonds. The summed E-state index contributed by atoms with van der Waals surface area (Å²) in [6.07, 6.45) is -3.29. The number of rotatable bonds is 4. The number of alkyl halides is 6. The minimum atomic E-state index is -5.03. The number of benzene rings is 2. The summed E-state index contributed by atoms with van der Waals surface area (Å²) in [5.41, 5.74) is -2.58. The van der Waals surface area contributed by atoms with Gasteiger partial charge < -0.3 is 9.80 Å². The van der Waals surface area contributed by atoms with E-state index < -0.39 is 35.0 Å². The first-order valence-corrected chi connectivity index (χ1v) is 14.2. The van der Waals surface area contributed by atoms with Crippen molar-refractivity contribution >= 4 is 11.7 Å². The van der Waals surface area contributed by atoms with E-state index in [-0.39, 0.29) is 30.1 Å². The molecule has 2 atom stereocenters. The Bertz CT molecular complexity index is 1220. The maximum atomic E-state index is 13.6. The summed E-state index contributed by atoms with van der Waals surface area (Å²) in [4.78, 5) is 29.6. The lowest BCUT2D eigenvalue weighted by atomic mass is 9.67. The second-order valence-corrected chi connectivity index (χ2v) is 11.9. The van der Waals surface area contributed by atoms with Crippen LogP contribution in [0.5, 0.6) is 0 Å². The molecule has 4 nitrogen and oxygen atoms in total. The van der Waals surface area contributed by atoms with Crippen LogP contribution in [-0.2, 0) is 23.6 Å². The third kappa shape index (κ3) is 6.79. The van der Waals surface area contributed by atoms with Crippen LogP contribution in [0.1, 0.15) is 78.4 Å². The second kappa shape index (κ2) is 11.4. The lowest BCUT2D eigenvalue weighted by Crippen LogP contribution is -2.55. The van der Waals surface area contributed by atoms with Crippen molar-refractivity contribution in [1.29, 1.82) is 0 Å². The molecule has 2 aliphatic heterocycles. The van der Waals surface area contributed by atoms with E-state index in [0.29, 0.717) is 50.0 Å². The largest absolute Gasteiger partial charge is 0.416 e. The molecule has 1 aliphatic carbocycles. The highest BCUT2D eigenvalue weighted by atomic mass is 19.4. The number of carbonyl (C=O) groups is 2. The topological polar surface area (TPSA) is 40.6 Å². The zero-order valence-electron chi connectivity index (χ0n) is 22.7. The first-order valence-electron chi connectivity index (χ1n) is 14.2. The number of ketones is 1. The number of nitrogens with zero attached hydrogens (tertiary/aromatic N) is 2. The minimum Gasteiger partial charge on any atom is -0.335 e. The van der Waals surface area contributed by atoms with E-state index >= 15 is 0 Å². The lowest BCUT2D eigenvalue weighted by Gasteiger charge is -2.49. The van der Waals surface area contributed by atoms with Crippen LogP contribution in [0.3, 0.4) is 0 Å². The van der Waals surface area contributed by atoms with Gasteiger partial charge in [0.05, 0.1) is 11.1 Å². The molecule has 10 heteroatoms. The first-order chi connectivity index (χ1) is 19.3. The number of hydrogen-bond donors (Lipinski definition) is 0. The van der Waals surface area contributed by atoms with E-state index in [1.165, 1.54) is 4.90 Å². The Morgan fingerprint density at radius 3 is 2.10 bits per heavy atom. The van der Waals surface area contributed by atoms with Gasteiger partial charge in [-0.25, -0.2) is 0 Å². The highest BCUT2D eigenvalue weighted by Crippen LogP contribution is 2.44. The zero-order valence-corrected chi connectivity index (χ0v) is 22.7. The van der Waals surface area contributed by atoms with Crippen molar-refractivity contribution in [2.75, 3.05) is 19.6 Å². The van der Waals surface area contributed by atoms with Crippen molar-refractivity contribution < 1.29 is 35.9 Å². The molecule has 2 saturated heterocycles. The Kier molecular flexibility index (Phi) is 8.25. The average Bonchev–Trinajstić information content (AvgIpc) is 2.92. The van der Waals surface area contributed by atoms with E-state index in [2.05, 4.69) is 4.90 Å². The molecular formula is C31H34F6N2O2. The van der Waals surface area contributed by atoms with Crippen LogP contribution in [0.2, 0.25) is 0 Å². The molecule has 3 aliphatic rings. The maximum absolute atomic E-state index is 13.6. The SMILES string of the molecule is O=C1CCCC2(CCN(C3CCN(C(=O)c4cc(C(F)(F)F)cc(C(F)(F)F)c4)C(Cc4ccccc4)C3)CC2)C1. The molecule has 5 rings (SSSR count). The Labute approximate surface area is 235 Å². The molecule has 0 N–H and O–H groups in total. The van der Waals surface area contributed by atoms with Gasteiger partial charge in [0, 0.05) is 37.0 Å². The van der Waals surface area contributed by atoms with E-state index in [4.69, 9.17) is 0 Å². The Balaban J connectivity index is 1.37. The average molecular weight is 581 g/mol. The molecule has 222 valence electrons. The number of piperidine rings is 2. The van der Waals surface area contributed by atoms with Gasteiger partial charge in [-0.05, 0) is 87.2 Å². The van der Waals surface area contributed by atoms with Gasteiger partial charge in [-0.3, -0.25) is 9.59 Å². The van der Waals surface area contributed by atoms with Gasteiger partial charge >= 0.3 is 12.4 Å². The van der Waals surface area contributed by atoms with E-state index in [0.717, 1.165) is 44.3 Å². The minimum absolute atomic E-state index is 0.0491. The van der Waals surface area contributed by atoms with Crippen molar-refractivity contribution in [2.45, 2.75) is 82.2 Å². The molecule has 1 spiro atoms. The van der Waals surface area contributed by atoms with Crippen LogP contribution < -0.4 is 0 Å². The van der Waals surface area contributed by atoms with Crippen LogP contribution >= 0.6 is 0 Å². The van der Waals surface area contributed by atoms with Crippen molar-refractivity contribution in [2.24, 2.45) is 5.41 Å². The van der Waals surface area contributed by atoms with Gasteiger partial charge in [0.15, 0.2) is 0 Å². The van der Waals surface area contributed by atoms with Crippen LogP contribution in [0.4, 0.5) is 26.3 Å². The number of Topliss-reactive ketones (excluding diaryl/α,β-unsaturated/α-hetero) is 1. The summed E-state index contributed by atoms with van der Waals surface area (Å²) in [6, 6.07) is 10.2. The number of hydrogen-bond acceptors (Lipinski definition) is 3. The van der Waals surface area contributed by atoms with Crippen molar-refractivity contribution in [3.8, 4) is 0 Å². The Hall–Kier alpha value is -2.88. The van der Waals surface area contributed by atoms with Crippen LogP contribution in [0.15, 0.2) is 48.5 Å². The summed E-state index contributed by atoms with van der Waals surface area (Å²) in [7, 11) is 0. The predicted octanol–water partition coefficient (Wildman–Crippen LogP) is 7.17. The quantitative estimate of drug-likeness (QED) is 0.360. The summed E-state index contributed by atoms with van der Waals surface area (Å²) in [6.45, 7) is 1.91. The van der Waals surface area contributed by atoms with Gasteiger partial charge in [0.1, 0.15) is 5.78 Å². The number of halogens is 6. The summed E-state index contributed by atoms with van der Waals surface area (Å²) in [5, 5.41) is 0. The fourth-order valence-electron chi connectivity index (χ4n) is 7.00. The number of carbonyl (C=O) groups excluding carboxylic acids is 2. The highest BCUT2D eigenvalue weighted by molar-refractivity contribution is 5.95. The summed E-state index contributed by atoms with van der Waals surface area (Å²) < 4.78 is 81.0. The molecule has 2 aromatic rings. The predicted molar refractivity (Wildman–Crippen MR) is 141 cm³/mol. The molecule has 0 bridgehead atoms. The molecule has 2 unspecified atom stereocenters. The molecular weight excluding hydrogens is 546 g/mol. The number of amides is 1. The van der Waals surface area contributed by atoms with Crippen molar-refractivity contribution in [3.63, 3.8) is 0 Å². The van der Waals surface area contributed by atoms with Crippen molar-refractivity contribution in [3.05, 3.63) is 70.8 Å². The van der Waals surface area contributed by atoms with Gasteiger partial charge in [-0.15, -0.1) is 0 Å². The molecule has 0 aromatic heterocycles. The third-order valence-corrected chi connectivity index (χ3v) is 9.21. The van der Waals surface area contributed by atoms with Crippen LogP contribution in [-0.4, -0.2) is 53.2 Å². The van der Waals surface area contributed by atoms with E-state index in [1.807, 2.05) is 30.3 Å². The molecule has 2 heterocycles. The standard InChI is InChI=1S/C31H34F6N2O2/c32-30(33,34)23-16-22(17-24(18-23)31(35,36)37)28(41)39-12-8-25(19-26(39)15-21-5-2-1-3-6-21)38-13-10-29(11-14-38)9-4-7-27(40)20-29/h1-3,5-6,16-18,25-26H,4,7-15,19-20H2. The van der Waals surface area contributed by atoms with Crippen molar-refractivity contribution in [1.82, 2.24) is 9.80 Å². The summed E-state index contributed by atoms with van der Waals surface area (Å²) >= 11 is 0.